The molecule has 3 aromatic rings. The molecule has 1 N–H and O–H groups in total. The monoisotopic (exact) mass is 448 g/mol. The van der Waals surface area contributed by atoms with E-state index in [4.69, 9.17) is 0 Å². The zero-order valence-corrected chi connectivity index (χ0v) is 18.7. The average Bonchev–Trinajstić information content (AvgIpc) is 3.29. The standard InChI is InChI=1S/C26H29FN4O2/c27-21-8-6-19(7-9-21)18-31-13-10-24(26(31)33)29-11-3-12-30(15-14-29)25(32)16-20-17-28-23-5-2-1-4-22(20)23/h1-2,4-9,17,24,28H,3,10-16,18H2. The number of nitrogens with one attached hydrogen (secondary N) is 1. The Morgan fingerprint density at radius 2 is 1.82 bits per heavy atom. The number of para-hydroxylation sites is 1. The first-order valence-corrected chi connectivity index (χ1v) is 11.7. The number of benzene rings is 2. The van der Waals surface area contributed by atoms with E-state index in [9.17, 15) is 14.0 Å². The lowest BCUT2D eigenvalue weighted by Gasteiger charge is -2.26. The number of amides is 2. The van der Waals surface area contributed by atoms with Gasteiger partial charge in [-0.15, -0.1) is 0 Å². The van der Waals surface area contributed by atoms with Gasteiger partial charge >= 0.3 is 0 Å². The molecule has 33 heavy (non-hydrogen) atoms. The minimum Gasteiger partial charge on any atom is -0.361 e. The third kappa shape index (κ3) is 4.64. The highest BCUT2D eigenvalue weighted by molar-refractivity contribution is 5.89. The van der Waals surface area contributed by atoms with Crippen molar-refractivity contribution in [3.8, 4) is 0 Å². The lowest BCUT2D eigenvalue weighted by molar-refractivity contribution is -0.132. The predicted octanol–water partition coefficient (Wildman–Crippen LogP) is 3.18. The SMILES string of the molecule is O=C(Cc1c[nH]c2ccccc12)N1CCCN(C2CCN(Cc3ccc(F)cc3)C2=O)CC1. The third-order valence-corrected chi connectivity index (χ3v) is 6.90. The second-order valence-electron chi connectivity index (χ2n) is 9.00. The zero-order valence-electron chi connectivity index (χ0n) is 18.7. The average molecular weight is 449 g/mol. The number of halogens is 1. The van der Waals surface area contributed by atoms with Crippen molar-refractivity contribution in [3.05, 3.63) is 71.7 Å². The number of aromatic nitrogens is 1. The molecule has 172 valence electrons. The van der Waals surface area contributed by atoms with Crippen molar-refractivity contribution < 1.29 is 14.0 Å². The van der Waals surface area contributed by atoms with Crippen LogP contribution in [0.25, 0.3) is 10.9 Å². The first kappa shape index (κ1) is 21.6. The van der Waals surface area contributed by atoms with E-state index in [0.29, 0.717) is 32.6 Å². The molecule has 2 saturated heterocycles. The molecule has 0 saturated carbocycles. The molecule has 6 nitrogen and oxygen atoms in total. The summed E-state index contributed by atoms with van der Waals surface area (Å²) in [6.45, 7) is 4.11. The van der Waals surface area contributed by atoms with Gasteiger partial charge in [-0.25, -0.2) is 4.39 Å². The fourth-order valence-corrected chi connectivity index (χ4v) is 5.08. The molecule has 2 aromatic carbocycles. The Morgan fingerprint density at radius 1 is 1.00 bits per heavy atom. The van der Waals surface area contributed by atoms with Crippen molar-refractivity contribution in [2.24, 2.45) is 0 Å². The van der Waals surface area contributed by atoms with Crippen LogP contribution in [0.5, 0.6) is 0 Å². The van der Waals surface area contributed by atoms with Crippen molar-refractivity contribution in [1.29, 1.82) is 0 Å². The lowest BCUT2D eigenvalue weighted by Crippen LogP contribution is -2.44. The van der Waals surface area contributed by atoms with Gasteiger partial charge in [0.25, 0.3) is 0 Å². The third-order valence-electron chi connectivity index (χ3n) is 6.90. The summed E-state index contributed by atoms with van der Waals surface area (Å²) >= 11 is 0. The van der Waals surface area contributed by atoms with Gasteiger partial charge in [-0.1, -0.05) is 30.3 Å². The highest BCUT2D eigenvalue weighted by Crippen LogP contribution is 2.22. The highest BCUT2D eigenvalue weighted by Gasteiger charge is 2.36. The van der Waals surface area contributed by atoms with Gasteiger partial charge in [0.2, 0.25) is 11.8 Å². The molecular weight excluding hydrogens is 419 g/mol. The van der Waals surface area contributed by atoms with Crippen molar-refractivity contribution in [2.45, 2.75) is 31.8 Å². The Hall–Kier alpha value is -3.19. The van der Waals surface area contributed by atoms with Crippen molar-refractivity contribution in [2.75, 3.05) is 32.7 Å². The maximum atomic E-state index is 13.2. The molecule has 2 aliphatic rings. The van der Waals surface area contributed by atoms with E-state index in [2.05, 4.69) is 9.88 Å². The summed E-state index contributed by atoms with van der Waals surface area (Å²) in [6, 6.07) is 14.2. The molecule has 7 heteroatoms. The number of hydrogen-bond acceptors (Lipinski definition) is 3. The molecule has 1 aromatic heterocycles. The quantitative estimate of drug-likeness (QED) is 0.652. The number of hydrogen-bond donors (Lipinski definition) is 1. The number of nitrogens with zero attached hydrogens (tertiary/aromatic N) is 3. The summed E-state index contributed by atoms with van der Waals surface area (Å²) in [7, 11) is 0. The van der Waals surface area contributed by atoms with Gasteiger partial charge in [0.1, 0.15) is 5.82 Å². The van der Waals surface area contributed by atoms with E-state index in [0.717, 1.165) is 48.0 Å². The van der Waals surface area contributed by atoms with Crippen LogP contribution >= 0.6 is 0 Å². The Labute approximate surface area is 193 Å². The van der Waals surface area contributed by atoms with Gasteiger partial charge in [-0.2, -0.15) is 0 Å². The van der Waals surface area contributed by atoms with Gasteiger partial charge < -0.3 is 14.8 Å². The Bertz CT molecular complexity index is 1140. The van der Waals surface area contributed by atoms with Crippen LogP contribution in [0.4, 0.5) is 4.39 Å². The fraction of sp³-hybridized carbons (Fsp3) is 0.385. The van der Waals surface area contributed by atoms with E-state index < -0.39 is 0 Å². The van der Waals surface area contributed by atoms with E-state index in [1.54, 1.807) is 12.1 Å². The lowest BCUT2D eigenvalue weighted by atomic mass is 10.1. The molecular formula is C26H29FN4O2. The van der Waals surface area contributed by atoms with Gasteiger partial charge in [0, 0.05) is 56.4 Å². The second kappa shape index (κ2) is 9.35. The molecule has 0 bridgehead atoms. The summed E-state index contributed by atoms with van der Waals surface area (Å²) < 4.78 is 13.2. The zero-order chi connectivity index (χ0) is 22.8. The first-order valence-electron chi connectivity index (χ1n) is 11.7. The highest BCUT2D eigenvalue weighted by atomic mass is 19.1. The second-order valence-corrected chi connectivity index (χ2v) is 9.00. The van der Waals surface area contributed by atoms with Gasteiger partial charge in [0.15, 0.2) is 0 Å². The number of likely N-dealkylation sites (tertiary alicyclic amines) is 1. The van der Waals surface area contributed by atoms with Crippen LogP contribution < -0.4 is 0 Å². The van der Waals surface area contributed by atoms with Crippen LogP contribution in [0.15, 0.2) is 54.7 Å². The van der Waals surface area contributed by atoms with Crippen LogP contribution in [0.2, 0.25) is 0 Å². The minimum absolute atomic E-state index is 0.130. The van der Waals surface area contributed by atoms with Crippen molar-refractivity contribution in [1.82, 2.24) is 19.7 Å². The van der Waals surface area contributed by atoms with Crippen LogP contribution in [0.1, 0.15) is 24.0 Å². The summed E-state index contributed by atoms with van der Waals surface area (Å²) in [6.07, 6.45) is 3.97. The number of H-pyrrole nitrogens is 1. The molecule has 0 spiro atoms. The van der Waals surface area contributed by atoms with Gasteiger partial charge in [-0.05, 0) is 42.2 Å². The largest absolute Gasteiger partial charge is 0.361 e. The Balaban J connectivity index is 1.17. The maximum absolute atomic E-state index is 13.2. The summed E-state index contributed by atoms with van der Waals surface area (Å²) in [4.78, 5) is 35.4. The van der Waals surface area contributed by atoms with Crippen LogP contribution in [-0.2, 0) is 22.6 Å². The number of aromatic amines is 1. The molecule has 5 rings (SSSR count). The summed E-state index contributed by atoms with van der Waals surface area (Å²) in [5, 5.41) is 1.10. The summed E-state index contributed by atoms with van der Waals surface area (Å²) in [5.74, 6) is 0.00733. The Kier molecular flexibility index (Phi) is 6.13. The van der Waals surface area contributed by atoms with E-state index in [1.807, 2.05) is 40.3 Å². The molecule has 0 aliphatic carbocycles. The fourth-order valence-electron chi connectivity index (χ4n) is 5.08. The summed E-state index contributed by atoms with van der Waals surface area (Å²) in [5.41, 5.74) is 3.02. The van der Waals surface area contributed by atoms with Crippen molar-refractivity contribution >= 4 is 22.7 Å². The predicted molar refractivity (Wildman–Crippen MR) is 125 cm³/mol. The number of carbonyl (C=O) groups is 2. The van der Waals surface area contributed by atoms with E-state index in [1.165, 1.54) is 12.1 Å². The smallest absolute Gasteiger partial charge is 0.240 e. The minimum atomic E-state index is -0.266. The molecule has 2 aliphatic heterocycles. The molecule has 1 unspecified atom stereocenters. The molecule has 0 radical (unpaired) electrons. The Morgan fingerprint density at radius 3 is 2.67 bits per heavy atom. The van der Waals surface area contributed by atoms with E-state index >= 15 is 0 Å². The number of fused-ring (bicyclic) bond motifs is 1. The van der Waals surface area contributed by atoms with E-state index in [-0.39, 0.29) is 23.7 Å². The number of rotatable bonds is 5. The molecule has 3 heterocycles. The molecule has 2 fully saturated rings. The van der Waals surface area contributed by atoms with Gasteiger partial charge in [0.05, 0.1) is 12.5 Å². The normalized spacial score (nSPS) is 19.9. The van der Waals surface area contributed by atoms with Gasteiger partial charge in [-0.3, -0.25) is 14.5 Å². The number of carbonyl (C=O) groups excluding carboxylic acids is 2. The van der Waals surface area contributed by atoms with Crippen LogP contribution in [-0.4, -0.2) is 70.3 Å². The van der Waals surface area contributed by atoms with Crippen LogP contribution in [0, 0.1) is 5.82 Å². The molecule has 1 atom stereocenters. The first-order chi connectivity index (χ1) is 16.1. The molecule has 2 amide bonds. The topological polar surface area (TPSA) is 59.7 Å². The maximum Gasteiger partial charge on any atom is 0.240 e. The van der Waals surface area contributed by atoms with Crippen molar-refractivity contribution in [3.63, 3.8) is 0 Å². The van der Waals surface area contributed by atoms with Crippen LogP contribution in [0.3, 0.4) is 0 Å².